The molecule has 1 aliphatic rings. The van der Waals surface area contributed by atoms with E-state index < -0.39 is 0 Å². The van der Waals surface area contributed by atoms with Gasteiger partial charge in [-0.3, -0.25) is 0 Å². The minimum Gasteiger partial charge on any atom is -0.379 e. The first-order valence-electron chi connectivity index (χ1n) is 10.5. The van der Waals surface area contributed by atoms with E-state index in [1.54, 1.807) is 0 Å². The minimum atomic E-state index is 0.264. The maximum atomic E-state index is 5.77. The highest BCUT2D eigenvalue weighted by atomic mass is 16.5. The van der Waals surface area contributed by atoms with Crippen LogP contribution in [0.4, 0.5) is 0 Å². The maximum absolute atomic E-state index is 5.77. The van der Waals surface area contributed by atoms with Crippen LogP contribution in [0.2, 0.25) is 0 Å². The lowest BCUT2D eigenvalue weighted by Crippen LogP contribution is -2.36. The molecule has 6 heteroatoms. The third kappa shape index (κ3) is 4.01. The lowest BCUT2D eigenvalue weighted by Gasteiger charge is -2.18. The van der Waals surface area contributed by atoms with Crippen LogP contribution in [0.5, 0.6) is 0 Å². The summed E-state index contributed by atoms with van der Waals surface area (Å²) in [6.07, 6.45) is 0.832. The summed E-state index contributed by atoms with van der Waals surface area (Å²) in [4.78, 5) is 4.91. The predicted octanol–water partition coefficient (Wildman–Crippen LogP) is 3.73. The topological polar surface area (TPSA) is 65.1 Å². The standard InChI is InChI=1S/C24H26N4O2/c1-17-11-20(30-27-17)12-19-15-29-16-22(19)25-13-24-26-21-9-5-6-10-23(21)28(24)14-18-7-3-2-4-8-18/h2-11,19,22,25H,12-16H2,1H3/t19-,22-/m1/s1. The highest BCUT2D eigenvalue weighted by Gasteiger charge is 2.29. The Bertz CT molecular complexity index is 1120. The van der Waals surface area contributed by atoms with Crippen molar-refractivity contribution in [3.8, 4) is 0 Å². The van der Waals surface area contributed by atoms with Gasteiger partial charge >= 0.3 is 0 Å². The van der Waals surface area contributed by atoms with E-state index in [1.165, 1.54) is 5.56 Å². The van der Waals surface area contributed by atoms with Gasteiger partial charge in [0.2, 0.25) is 0 Å². The van der Waals surface area contributed by atoms with Gasteiger partial charge in [0.25, 0.3) is 0 Å². The molecule has 2 aromatic heterocycles. The van der Waals surface area contributed by atoms with Crippen LogP contribution in [-0.4, -0.2) is 34.0 Å². The number of rotatable bonds is 7. The third-order valence-electron chi connectivity index (χ3n) is 5.78. The van der Waals surface area contributed by atoms with Crippen molar-refractivity contribution < 1.29 is 9.26 Å². The van der Waals surface area contributed by atoms with Crippen LogP contribution in [0, 0.1) is 12.8 Å². The molecule has 4 aromatic rings. The molecule has 0 unspecified atom stereocenters. The number of hydrogen-bond donors (Lipinski definition) is 1. The molecule has 0 saturated carbocycles. The summed E-state index contributed by atoms with van der Waals surface area (Å²) in [5, 5.41) is 7.70. The molecule has 1 saturated heterocycles. The fourth-order valence-corrected chi connectivity index (χ4v) is 4.22. The molecule has 1 N–H and O–H groups in total. The molecule has 154 valence electrons. The van der Waals surface area contributed by atoms with Crippen LogP contribution in [-0.2, 0) is 24.2 Å². The number of aromatic nitrogens is 3. The number of hydrogen-bond acceptors (Lipinski definition) is 5. The van der Waals surface area contributed by atoms with E-state index in [0.29, 0.717) is 19.1 Å². The van der Waals surface area contributed by atoms with Crippen LogP contribution in [0.25, 0.3) is 11.0 Å². The predicted molar refractivity (Wildman–Crippen MR) is 115 cm³/mol. The largest absolute Gasteiger partial charge is 0.379 e. The Morgan fingerprint density at radius 1 is 1.07 bits per heavy atom. The van der Waals surface area contributed by atoms with Crippen molar-refractivity contribution >= 4 is 11.0 Å². The van der Waals surface area contributed by atoms with E-state index in [1.807, 2.05) is 25.1 Å². The van der Waals surface area contributed by atoms with Gasteiger partial charge in [-0.05, 0) is 24.6 Å². The van der Waals surface area contributed by atoms with E-state index in [4.69, 9.17) is 14.2 Å². The molecule has 0 amide bonds. The minimum absolute atomic E-state index is 0.264. The van der Waals surface area contributed by atoms with Gasteiger partial charge < -0.3 is 19.1 Å². The number of imidazole rings is 1. The van der Waals surface area contributed by atoms with Crippen molar-refractivity contribution in [3.63, 3.8) is 0 Å². The lowest BCUT2D eigenvalue weighted by molar-refractivity contribution is 0.181. The Balaban J connectivity index is 1.34. The van der Waals surface area contributed by atoms with Gasteiger partial charge in [0.1, 0.15) is 11.6 Å². The van der Waals surface area contributed by atoms with Gasteiger partial charge in [-0.2, -0.15) is 0 Å². The Morgan fingerprint density at radius 3 is 2.73 bits per heavy atom. The Kier molecular flexibility index (Phi) is 5.34. The van der Waals surface area contributed by atoms with Crippen molar-refractivity contribution in [2.75, 3.05) is 13.2 Å². The van der Waals surface area contributed by atoms with E-state index in [2.05, 4.69) is 57.5 Å². The van der Waals surface area contributed by atoms with Gasteiger partial charge in [0, 0.05) is 31.0 Å². The summed E-state index contributed by atoms with van der Waals surface area (Å²) in [5.74, 6) is 2.33. The van der Waals surface area contributed by atoms with Gasteiger partial charge in [0.05, 0.1) is 36.5 Å². The van der Waals surface area contributed by atoms with Crippen LogP contribution in [0.1, 0.15) is 22.8 Å². The first-order chi connectivity index (χ1) is 14.8. The summed E-state index contributed by atoms with van der Waals surface area (Å²) in [7, 11) is 0. The number of benzene rings is 2. The Labute approximate surface area is 175 Å². The number of fused-ring (bicyclic) bond motifs is 1. The SMILES string of the molecule is Cc1cc(C[C@@H]2COC[C@H]2NCc2nc3ccccc3n2Cc2ccccc2)on1. The molecule has 1 aliphatic heterocycles. The molecule has 0 bridgehead atoms. The second-order valence-corrected chi connectivity index (χ2v) is 8.01. The van der Waals surface area contributed by atoms with Gasteiger partial charge in [-0.1, -0.05) is 47.6 Å². The number of aryl methyl sites for hydroxylation is 1. The number of nitrogens with zero attached hydrogens (tertiary/aromatic N) is 3. The molecule has 6 nitrogen and oxygen atoms in total. The molecule has 0 spiro atoms. The molecular weight excluding hydrogens is 376 g/mol. The highest BCUT2D eigenvalue weighted by Crippen LogP contribution is 2.22. The van der Waals surface area contributed by atoms with Crippen molar-refractivity contribution in [2.24, 2.45) is 5.92 Å². The van der Waals surface area contributed by atoms with E-state index in [-0.39, 0.29) is 6.04 Å². The van der Waals surface area contributed by atoms with E-state index in [9.17, 15) is 0 Å². The second-order valence-electron chi connectivity index (χ2n) is 8.01. The highest BCUT2D eigenvalue weighted by molar-refractivity contribution is 5.76. The average Bonchev–Trinajstić information content (AvgIpc) is 3.47. The summed E-state index contributed by atoms with van der Waals surface area (Å²) < 4.78 is 13.5. The van der Waals surface area contributed by atoms with Crippen LogP contribution >= 0.6 is 0 Å². The van der Waals surface area contributed by atoms with Crippen molar-refractivity contribution in [1.29, 1.82) is 0 Å². The fraction of sp³-hybridized carbons (Fsp3) is 0.333. The fourth-order valence-electron chi connectivity index (χ4n) is 4.22. The summed E-state index contributed by atoms with van der Waals surface area (Å²) in [6, 6.07) is 21.1. The summed E-state index contributed by atoms with van der Waals surface area (Å²) in [5.41, 5.74) is 4.38. The zero-order chi connectivity index (χ0) is 20.3. The van der Waals surface area contributed by atoms with Gasteiger partial charge in [-0.25, -0.2) is 4.98 Å². The monoisotopic (exact) mass is 402 g/mol. The van der Waals surface area contributed by atoms with Crippen LogP contribution in [0.15, 0.2) is 65.2 Å². The van der Waals surface area contributed by atoms with Crippen molar-refractivity contribution in [2.45, 2.75) is 32.5 Å². The van der Waals surface area contributed by atoms with Crippen LogP contribution < -0.4 is 5.32 Å². The molecule has 5 rings (SSSR count). The zero-order valence-corrected chi connectivity index (χ0v) is 17.1. The average molecular weight is 402 g/mol. The number of ether oxygens (including phenoxy) is 1. The van der Waals surface area contributed by atoms with Crippen molar-refractivity contribution in [3.05, 3.63) is 83.5 Å². The summed E-state index contributed by atoms with van der Waals surface area (Å²) in [6.45, 7) is 4.89. The van der Waals surface area contributed by atoms with E-state index in [0.717, 1.165) is 47.9 Å². The second kappa shape index (κ2) is 8.42. The van der Waals surface area contributed by atoms with Gasteiger partial charge in [-0.15, -0.1) is 0 Å². The normalized spacial score (nSPS) is 19.0. The Hall–Kier alpha value is -2.96. The van der Waals surface area contributed by atoms with Gasteiger partial charge in [0.15, 0.2) is 0 Å². The molecule has 3 heterocycles. The Morgan fingerprint density at radius 2 is 1.90 bits per heavy atom. The quantitative estimate of drug-likeness (QED) is 0.510. The molecule has 0 radical (unpaired) electrons. The number of nitrogens with one attached hydrogen (secondary N) is 1. The smallest absolute Gasteiger partial charge is 0.137 e. The summed E-state index contributed by atoms with van der Waals surface area (Å²) >= 11 is 0. The van der Waals surface area contributed by atoms with Crippen molar-refractivity contribution in [1.82, 2.24) is 20.0 Å². The molecular formula is C24H26N4O2. The third-order valence-corrected chi connectivity index (χ3v) is 5.78. The molecule has 0 aliphatic carbocycles. The first-order valence-corrected chi connectivity index (χ1v) is 10.5. The lowest BCUT2D eigenvalue weighted by atomic mass is 9.98. The molecule has 2 aromatic carbocycles. The number of para-hydroxylation sites is 2. The van der Waals surface area contributed by atoms with Crippen LogP contribution in [0.3, 0.4) is 0 Å². The zero-order valence-electron chi connectivity index (χ0n) is 17.1. The first kappa shape index (κ1) is 19.0. The molecule has 1 fully saturated rings. The van der Waals surface area contributed by atoms with E-state index >= 15 is 0 Å². The molecule has 2 atom stereocenters. The maximum Gasteiger partial charge on any atom is 0.137 e. The molecule has 30 heavy (non-hydrogen) atoms.